The third kappa shape index (κ3) is 5.17. The Hall–Kier alpha value is -1.14. The molecule has 2 aromatic rings. The summed E-state index contributed by atoms with van der Waals surface area (Å²) in [7, 11) is 1.99. The number of piperidine rings is 1. The Morgan fingerprint density at radius 3 is 2.56 bits per heavy atom. The molecular weight excluding hydrogens is 377 g/mol. The molecule has 1 amide bonds. The van der Waals surface area contributed by atoms with E-state index in [9.17, 15) is 4.79 Å². The van der Waals surface area contributed by atoms with Crippen molar-refractivity contribution in [3.63, 3.8) is 0 Å². The Bertz CT molecular complexity index is 671. The number of thiophene rings is 1. The zero-order chi connectivity index (χ0) is 16.2. The predicted octanol–water partition coefficient (Wildman–Crippen LogP) is 4.03. The van der Waals surface area contributed by atoms with Crippen LogP contribution in [0.5, 0.6) is 0 Å². The smallest absolute Gasteiger partial charge is 0.255 e. The van der Waals surface area contributed by atoms with E-state index in [-0.39, 0.29) is 30.7 Å². The first-order chi connectivity index (χ1) is 11.2. The fraction of sp³-hybridized carbons (Fsp3) is 0.444. The predicted molar refractivity (Wildman–Crippen MR) is 109 cm³/mol. The number of pyridine rings is 1. The van der Waals surface area contributed by atoms with Crippen LogP contribution in [0.2, 0.25) is 0 Å². The van der Waals surface area contributed by atoms with Crippen LogP contribution in [0.1, 0.15) is 28.9 Å². The molecule has 3 rings (SSSR count). The van der Waals surface area contributed by atoms with Gasteiger partial charge in [0.1, 0.15) is 0 Å². The van der Waals surface area contributed by atoms with Crippen LogP contribution in [0.15, 0.2) is 29.0 Å². The summed E-state index contributed by atoms with van der Waals surface area (Å²) in [4.78, 5) is 19.4. The number of amides is 1. The first kappa shape index (κ1) is 21.9. The standard InChI is InChI=1S/C18H23N3OS.2ClH/c1-13-16(3-4-17(20-13)15-7-10-23-12-15)18(22)21-8-5-14(6-9-21)11-19-2;;/h3-4,7,10,12,14,19H,5-6,8-9,11H2,1-2H3;2*1H. The Kier molecular flexibility index (Phi) is 8.86. The molecule has 0 aromatic carbocycles. The average Bonchev–Trinajstić information content (AvgIpc) is 3.10. The number of hydrogen-bond donors (Lipinski definition) is 1. The quantitative estimate of drug-likeness (QED) is 0.840. The summed E-state index contributed by atoms with van der Waals surface area (Å²) in [5, 5.41) is 7.35. The lowest BCUT2D eigenvalue weighted by atomic mass is 9.96. The normalized spacial score (nSPS) is 14.6. The van der Waals surface area contributed by atoms with Crippen molar-refractivity contribution < 1.29 is 4.79 Å². The molecule has 1 saturated heterocycles. The van der Waals surface area contributed by atoms with Gasteiger partial charge in [0, 0.05) is 24.0 Å². The Morgan fingerprint density at radius 1 is 1.28 bits per heavy atom. The number of rotatable bonds is 4. The number of aryl methyl sites for hydroxylation is 1. The van der Waals surface area contributed by atoms with E-state index < -0.39 is 0 Å². The van der Waals surface area contributed by atoms with Crippen LogP contribution in [-0.2, 0) is 0 Å². The third-order valence-electron chi connectivity index (χ3n) is 4.53. The number of nitrogens with zero attached hydrogens (tertiary/aromatic N) is 2. The SMILES string of the molecule is CNCC1CCN(C(=O)c2ccc(-c3ccsc3)nc2C)CC1.Cl.Cl. The Labute approximate surface area is 165 Å². The molecule has 1 aliphatic heterocycles. The minimum atomic E-state index is 0. The molecule has 0 radical (unpaired) electrons. The molecule has 1 N–H and O–H groups in total. The lowest BCUT2D eigenvalue weighted by Crippen LogP contribution is -2.40. The van der Waals surface area contributed by atoms with Crippen LogP contribution < -0.4 is 5.32 Å². The number of carbonyl (C=O) groups excluding carboxylic acids is 1. The summed E-state index contributed by atoms with van der Waals surface area (Å²) in [6.45, 7) is 4.66. The highest BCUT2D eigenvalue weighted by Gasteiger charge is 2.24. The van der Waals surface area contributed by atoms with Crippen LogP contribution in [0.4, 0.5) is 0 Å². The number of aromatic nitrogens is 1. The number of hydrogen-bond acceptors (Lipinski definition) is 4. The van der Waals surface area contributed by atoms with E-state index in [0.29, 0.717) is 5.92 Å². The minimum absolute atomic E-state index is 0. The van der Waals surface area contributed by atoms with Gasteiger partial charge in [-0.05, 0) is 62.9 Å². The highest BCUT2D eigenvalue weighted by atomic mass is 35.5. The number of halogens is 2. The van der Waals surface area contributed by atoms with Gasteiger partial charge in [0.2, 0.25) is 0 Å². The molecule has 4 nitrogen and oxygen atoms in total. The average molecular weight is 402 g/mol. The second-order valence-corrected chi connectivity index (χ2v) is 6.91. The van der Waals surface area contributed by atoms with Gasteiger partial charge in [0.15, 0.2) is 0 Å². The first-order valence-electron chi connectivity index (χ1n) is 8.13. The fourth-order valence-corrected chi connectivity index (χ4v) is 3.81. The number of likely N-dealkylation sites (tertiary alicyclic amines) is 1. The molecular formula is C18H25Cl2N3OS. The summed E-state index contributed by atoms with van der Waals surface area (Å²) in [6, 6.07) is 5.94. The molecule has 0 aliphatic carbocycles. The lowest BCUT2D eigenvalue weighted by molar-refractivity contribution is 0.0689. The van der Waals surface area contributed by atoms with Crippen molar-refractivity contribution in [2.75, 3.05) is 26.7 Å². The van der Waals surface area contributed by atoms with Gasteiger partial charge < -0.3 is 10.2 Å². The van der Waals surface area contributed by atoms with E-state index >= 15 is 0 Å². The molecule has 0 spiro atoms. The summed E-state index contributed by atoms with van der Waals surface area (Å²) in [5.41, 5.74) is 3.60. The lowest BCUT2D eigenvalue weighted by Gasteiger charge is -2.32. The van der Waals surface area contributed by atoms with Crippen molar-refractivity contribution >= 4 is 42.1 Å². The maximum atomic E-state index is 12.8. The molecule has 138 valence electrons. The van der Waals surface area contributed by atoms with Gasteiger partial charge in [-0.3, -0.25) is 9.78 Å². The topological polar surface area (TPSA) is 45.2 Å². The van der Waals surface area contributed by atoms with E-state index in [0.717, 1.165) is 55.0 Å². The summed E-state index contributed by atoms with van der Waals surface area (Å²) in [6.07, 6.45) is 2.15. The Balaban J connectivity index is 0.00000156. The van der Waals surface area contributed by atoms with Crippen molar-refractivity contribution in [1.29, 1.82) is 0 Å². The molecule has 25 heavy (non-hydrogen) atoms. The van der Waals surface area contributed by atoms with Crippen molar-refractivity contribution in [1.82, 2.24) is 15.2 Å². The molecule has 3 heterocycles. The van der Waals surface area contributed by atoms with Gasteiger partial charge >= 0.3 is 0 Å². The van der Waals surface area contributed by atoms with E-state index in [1.807, 2.05) is 36.4 Å². The van der Waals surface area contributed by atoms with Crippen molar-refractivity contribution in [2.24, 2.45) is 5.92 Å². The van der Waals surface area contributed by atoms with Crippen LogP contribution in [0.25, 0.3) is 11.3 Å². The van der Waals surface area contributed by atoms with Crippen LogP contribution in [0.3, 0.4) is 0 Å². The highest BCUT2D eigenvalue weighted by Crippen LogP contribution is 2.23. The van der Waals surface area contributed by atoms with Crippen molar-refractivity contribution in [3.8, 4) is 11.3 Å². The molecule has 1 aliphatic rings. The first-order valence-corrected chi connectivity index (χ1v) is 9.07. The highest BCUT2D eigenvalue weighted by molar-refractivity contribution is 7.08. The van der Waals surface area contributed by atoms with Gasteiger partial charge in [-0.15, -0.1) is 24.8 Å². The molecule has 0 atom stereocenters. The third-order valence-corrected chi connectivity index (χ3v) is 5.21. The molecule has 0 bridgehead atoms. The summed E-state index contributed by atoms with van der Waals surface area (Å²) in [5.74, 6) is 0.805. The largest absolute Gasteiger partial charge is 0.339 e. The fourth-order valence-electron chi connectivity index (χ4n) is 3.16. The van der Waals surface area contributed by atoms with Gasteiger partial charge in [-0.25, -0.2) is 0 Å². The second-order valence-electron chi connectivity index (χ2n) is 6.13. The van der Waals surface area contributed by atoms with E-state index in [4.69, 9.17) is 0 Å². The molecule has 7 heteroatoms. The summed E-state index contributed by atoms with van der Waals surface area (Å²) >= 11 is 1.66. The molecule has 0 saturated carbocycles. The van der Waals surface area contributed by atoms with Gasteiger partial charge in [0.25, 0.3) is 5.91 Å². The second kappa shape index (κ2) is 10.1. The Morgan fingerprint density at radius 2 is 2.00 bits per heavy atom. The minimum Gasteiger partial charge on any atom is -0.339 e. The zero-order valence-corrected chi connectivity index (χ0v) is 17.0. The van der Waals surface area contributed by atoms with E-state index in [1.165, 1.54) is 0 Å². The van der Waals surface area contributed by atoms with Crippen LogP contribution in [-0.4, -0.2) is 42.5 Å². The van der Waals surface area contributed by atoms with E-state index in [1.54, 1.807) is 11.3 Å². The maximum Gasteiger partial charge on any atom is 0.255 e. The van der Waals surface area contributed by atoms with Crippen LogP contribution in [0, 0.1) is 12.8 Å². The van der Waals surface area contributed by atoms with Gasteiger partial charge in [0.05, 0.1) is 17.0 Å². The van der Waals surface area contributed by atoms with Crippen LogP contribution >= 0.6 is 36.2 Å². The number of nitrogens with one attached hydrogen (secondary N) is 1. The molecule has 0 unspecified atom stereocenters. The van der Waals surface area contributed by atoms with E-state index in [2.05, 4.69) is 21.7 Å². The molecule has 2 aromatic heterocycles. The monoisotopic (exact) mass is 401 g/mol. The van der Waals surface area contributed by atoms with Crippen molar-refractivity contribution in [3.05, 3.63) is 40.2 Å². The molecule has 1 fully saturated rings. The van der Waals surface area contributed by atoms with Gasteiger partial charge in [-0.2, -0.15) is 11.3 Å². The van der Waals surface area contributed by atoms with Crippen molar-refractivity contribution in [2.45, 2.75) is 19.8 Å². The number of carbonyl (C=O) groups is 1. The van der Waals surface area contributed by atoms with Gasteiger partial charge in [-0.1, -0.05) is 0 Å². The maximum absolute atomic E-state index is 12.8. The zero-order valence-electron chi connectivity index (χ0n) is 14.5. The summed E-state index contributed by atoms with van der Waals surface area (Å²) < 4.78 is 0.